The van der Waals surface area contributed by atoms with Gasteiger partial charge in [0.05, 0.1) is 0 Å². The first-order valence-electron chi connectivity index (χ1n) is 4.53. The van der Waals surface area contributed by atoms with Crippen molar-refractivity contribution in [3.63, 3.8) is 0 Å². The van der Waals surface area contributed by atoms with Gasteiger partial charge in [-0.15, -0.1) is 0 Å². The van der Waals surface area contributed by atoms with E-state index in [0.717, 1.165) is 11.9 Å². The maximum Gasteiger partial charge on any atom is 0.255 e. The highest BCUT2D eigenvalue weighted by Crippen LogP contribution is 2.20. The summed E-state index contributed by atoms with van der Waals surface area (Å²) in [5.74, 6) is -0.109. The number of rotatable bonds is 4. The van der Waals surface area contributed by atoms with Crippen LogP contribution in [0.2, 0.25) is 0 Å². The van der Waals surface area contributed by atoms with Crippen molar-refractivity contribution in [1.29, 1.82) is 0 Å². The number of hydrogen-bond donors (Lipinski definition) is 0. The fourth-order valence-corrected chi connectivity index (χ4v) is 1.42. The van der Waals surface area contributed by atoms with Crippen molar-refractivity contribution < 1.29 is 14.3 Å². The molecule has 0 saturated carbocycles. The molecule has 1 aliphatic rings. The highest BCUT2D eigenvalue weighted by Gasteiger charge is 2.46. The summed E-state index contributed by atoms with van der Waals surface area (Å²) in [6.45, 7) is 4.40. The molecule has 1 rings (SSSR count). The van der Waals surface area contributed by atoms with Gasteiger partial charge in [-0.05, 0) is 13.8 Å². The lowest BCUT2D eigenvalue weighted by molar-refractivity contribution is -0.170. The molecule has 14 heavy (non-hydrogen) atoms. The quantitative estimate of drug-likeness (QED) is 0.372. The number of carbonyl (C=O) groups excluding carboxylic acids is 2. The second-order valence-electron chi connectivity index (χ2n) is 3.56. The molecule has 4 nitrogen and oxygen atoms in total. The van der Waals surface area contributed by atoms with Crippen LogP contribution in [0, 0.1) is 0 Å². The number of β-lactam (4-membered cyclic amide) rings is 1. The minimum absolute atomic E-state index is 0.109. The first kappa shape index (κ1) is 10.9. The zero-order chi connectivity index (χ0) is 10.7. The Morgan fingerprint density at radius 2 is 2.21 bits per heavy atom. The first-order chi connectivity index (χ1) is 6.61. The Kier molecular flexibility index (Phi) is 3.41. The van der Waals surface area contributed by atoms with Crippen LogP contribution < -0.4 is 0 Å². The van der Waals surface area contributed by atoms with Crippen LogP contribution in [-0.2, 0) is 14.3 Å². The highest BCUT2D eigenvalue weighted by molar-refractivity contribution is 5.95. The Bertz CT molecular complexity index is 269. The molecule has 0 aromatic rings. The monoisotopic (exact) mass is 197 g/mol. The van der Waals surface area contributed by atoms with Crippen LogP contribution >= 0.6 is 0 Å². The molecule has 1 saturated heterocycles. The van der Waals surface area contributed by atoms with Gasteiger partial charge in [-0.2, -0.15) is 0 Å². The lowest BCUT2D eigenvalue weighted by atomic mass is 9.99. The minimum Gasteiger partial charge on any atom is -0.369 e. The predicted octanol–water partition coefficient (Wildman–Crippen LogP) is 0.377. The molecule has 4 heteroatoms. The van der Waals surface area contributed by atoms with E-state index in [2.05, 4.69) is 0 Å². The summed E-state index contributed by atoms with van der Waals surface area (Å²) in [6.07, 6.45) is 2.10. The Balaban J connectivity index is 2.59. The minimum atomic E-state index is -0.571. The molecule has 0 unspecified atom stereocenters. The molecule has 0 aromatic heterocycles. The number of methoxy groups -OCH3 is 1. The van der Waals surface area contributed by atoms with Crippen molar-refractivity contribution in [2.75, 3.05) is 13.7 Å². The standard InChI is InChI=1S/C10H15NO3/c1-7(2)4-5-11-8(6-12)9(14-3)10(11)13/h4,6,8-9H,5H2,1-3H3/t8-,9+/m0/s1. The van der Waals surface area contributed by atoms with E-state index in [1.54, 1.807) is 0 Å². The van der Waals surface area contributed by atoms with Crippen LogP contribution in [0.15, 0.2) is 11.6 Å². The summed E-state index contributed by atoms with van der Waals surface area (Å²) in [6, 6.07) is -0.414. The van der Waals surface area contributed by atoms with Crippen molar-refractivity contribution in [2.24, 2.45) is 0 Å². The van der Waals surface area contributed by atoms with Crippen molar-refractivity contribution in [1.82, 2.24) is 4.90 Å². The van der Waals surface area contributed by atoms with Crippen LogP contribution in [-0.4, -0.2) is 42.9 Å². The zero-order valence-corrected chi connectivity index (χ0v) is 8.69. The van der Waals surface area contributed by atoms with Gasteiger partial charge in [0.1, 0.15) is 12.3 Å². The zero-order valence-electron chi connectivity index (χ0n) is 8.69. The predicted molar refractivity (Wildman–Crippen MR) is 51.8 cm³/mol. The fourth-order valence-electron chi connectivity index (χ4n) is 1.42. The van der Waals surface area contributed by atoms with Gasteiger partial charge in [0, 0.05) is 13.7 Å². The van der Waals surface area contributed by atoms with Crippen LogP contribution in [0.25, 0.3) is 0 Å². The molecule has 0 bridgehead atoms. The summed E-state index contributed by atoms with van der Waals surface area (Å²) >= 11 is 0. The molecule has 2 atom stereocenters. The van der Waals surface area contributed by atoms with E-state index in [-0.39, 0.29) is 5.91 Å². The smallest absolute Gasteiger partial charge is 0.255 e. The molecule has 1 heterocycles. The Labute approximate surface area is 83.5 Å². The number of amides is 1. The third-order valence-electron chi connectivity index (χ3n) is 2.29. The van der Waals surface area contributed by atoms with E-state index in [4.69, 9.17) is 4.74 Å². The summed E-state index contributed by atoms with van der Waals surface area (Å²) < 4.78 is 4.90. The van der Waals surface area contributed by atoms with Crippen molar-refractivity contribution in [3.8, 4) is 0 Å². The van der Waals surface area contributed by atoms with Gasteiger partial charge in [-0.3, -0.25) is 4.79 Å². The van der Waals surface area contributed by atoms with E-state index >= 15 is 0 Å². The van der Waals surface area contributed by atoms with E-state index in [9.17, 15) is 9.59 Å². The van der Waals surface area contributed by atoms with E-state index < -0.39 is 12.1 Å². The molecule has 78 valence electrons. The average Bonchev–Trinajstić information content (AvgIpc) is 2.13. The van der Waals surface area contributed by atoms with Crippen LogP contribution in [0.1, 0.15) is 13.8 Å². The topological polar surface area (TPSA) is 46.6 Å². The van der Waals surface area contributed by atoms with Crippen molar-refractivity contribution in [2.45, 2.75) is 26.0 Å². The molecule has 0 N–H and O–H groups in total. The van der Waals surface area contributed by atoms with Gasteiger partial charge < -0.3 is 14.4 Å². The van der Waals surface area contributed by atoms with Crippen molar-refractivity contribution >= 4 is 12.2 Å². The number of ether oxygens (including phenoxy) is 1. The molecular weight excluding hydrogens is 182 g/mol. The van der Waals surface area contributed by atoms with E-state index in [0.29, 0.717) is 6.54 Å². The maximum atomic E-state index is 11.4. The summed E-state index contributed by atoms with van der Waals surface area (Å²) in [7, 11) is 1.44. The molecule has 1 fully saturated rings. The van der Waals surface area contributed by atoms with Gasteiger partial charge in [-0.25, -0.2) is 0 Å². The molecular formula is C10H15NO3. The Hall–Kier alpha value is -1.16. The number of allylic oxidation sites excluding steroid dienone is 1. The van der Waals surface area contributed by atoms with Crippen molar-refractivity contribution in [3.05, 3.63) is 11.6 Å². The number of hydrogen-bond acceptors (Lipinski definition) is 3. The second kappa shape index (κ2) is 4.37. The fraction of sp³-hybridized carbons (Fsp3) is 0.600. The number of aldehydes is 1. The lowest BCUT2D eigenvalue weighted by Crippen LogP contribution is -2.66. The molecule has 1 amide bonds. The van der Waals surface area contributed by atoms with Gasteiger partial charge in [-0.1, -0.05) is 11.6 Å². The molecule has 1 aliphatic heterocycles. The van der Waals surface area contributed by atoms with E-state index in [1.165, 1.54) is 12.0 Å². The van der Waals surface area contributed by atoms with Gasteiger partial charge in [0.15, 0.2) is 6.10 Å². The highest BCUT2D eigenvalue weighted by atomic mass is 16.5. The largest absolute Gasteiger partial charge is 0.369 e. The number of carbonyl (C=O) groups is 2. The summed E-state index contributed by atoms with van der Waals surface area (Å²) in [4.78, 5) is 23.6. The third-order valence-corrected chi connectivity index (χ3v) is 2.29. The Morgan fingerprint density at radius 1 is 1.57 bits per heavy atom. The third kappa shape index (κ3) is 1.85. The molecule has 0 radical (unpaired) electrons. The van der Waals surface area contributed by atoms with Gasteiger partial charge in [0.25, 0.3) is 5.91 Å². The first-order valence-corrected chi connectivity index (χ1v) is 4.53. The number of nitrogens with zero attached hydrogens (tertiary/aromatic N) is 1. The summed E-state index contributed by atoms with van der Waals surface area (Å²) in [5, 5.41) is 0. The second-order valence-corrected chi connectivity index (χ2v) is 3.56. The van der Waals surface area contributed by atoms with Crippen LogP contribution in [0.4, 0.5) is 0 Å². The molecule has 0 aliphatic carbocycles. The van der Waals surface area contributed by atoms with Crippen LogP contribution in [0.5, 0.6) is 0 Å². The van der Waals surface area contributed by atoms with Gasteiger partial charge >= 0.3 is 0 Å². The normalized spacial score (nSPS) is 25.6. The maximum absolute atomic E-state index is 11.4. The Morgan fingerprint density at radius 3 is 2.64 bits per heavy atom. The van der Waals surface area contributed by atoms with Gasteiger partial charge in [0.2, 0.25) is 0 Å². The number of likely N-dealkylation sites (tertiary alicyclic amines) is 1. The summed E-state index contributed by atoms with van der Waals surface area (Å²) in [5.41, 5.74) is 1.13. The molecule has 0 spiro atoms. The SMILES string of the molecule is CO[C@H]1C(=O)N(CC=C(C)C)[C@H]1C=O. The molecule has 0 aromatic carbocycles. The van der Waals surface area contributed by atoms with E-state index in [1.807, 2.05) is 19.9 Å². The van der Waals surface area contributed by atoms with Crippen LogP contribution in [0.3, 0.4) is 0 Å². The average molecular weight is 197 g/mol. The lowest BCUT2D eigenvalue weighted by Gasteiger charge is -2.42.